The number of ether oxygens (including phenoxy) is 3. The summed E-state index contributed by atoms with van der Waals surface area (Å²) in [6.07, 6.45) is 8.65. The number of nitrogens with zero attached hydrogens (tertiary/aromatic N) is 3. The van der Waals surface area contributed by atoms with Crippen molar-refractivity contribution in [3.63, 3.8) is 0 Å². The normalized spacial score (nSPS) is 15.3. The molecule has 1 aromatic heterocycles. The number of rotatable bonds is 15. The topological polar surface area (TPSA) is 94.9 Å². The van der Waals surface area contributed by atoms with E-state index in [1.165, 1.54) is 32.1 Å². The lowest BCUT2D eigenvalue weighted by molar-refractivity contribution is -0.132. The number of carbonyl (C=O) groups is 2. The van der Waals surface area contributed by atoms with Crippen LogP contribution < -0.4 is 14.8 Å². The zero-order valence-corrected chi connectivity index (χ0v) is 25.2. The summed E-state index contributed by atoms with van der Waals surface area (Å²) in [7, 11) is 6.60. The molecule has 0 bridgehead atoms. The molecular formula is C31H48N4O5. The zero-order chi connectivity index (χ0) is 29.1. The minimum absolute atomic E-state index is 0.105. The highest BCUT2D eigenvalue weighted by Gasteiger charge is 2.28. The second-order valence-corrected chi connectivity index (χ2v) is 11.0. The van der Waals surface area contributed by atoms with Crippen LogP contribution in [0, 0.1) is 11.8 Å². The fourth-order valence-electron chi connectivity index (χ4n) is 5.37. The maximum absolute atomic E-state index is 13.7. The number of amides is 2. The first-order valence-electron chi connectivity index (χ1n) is 14.7. The Morgan fingerprint density at radius 2 is 1.80 bits per heavy atom. The molecule has 1 N–H and O–H groups in total. The third kappa shape index (κ3) is 8.22. The number of nitrogens with one attached hydrogen (secondary N) is 1. The van der Waals surface area contributed by atoms with E-state index in [0.717, 1.165) is 24.1 Å². The van der Waals surface area contributed by atoms with E-state index in [1.54, 1.807) is 39.3 Å². The highest BCUT2D eigenvalue weighted by Crippen LogP contribution is 2.39. The number of carbonyl (C=O) groups excluding carboxylic acids is 2. The van der Waals surface area contributed by atoms with E-state index in [0.29, 0.717) is 49.5 Å². The molecule has 2 aromatic rings. The lowest BCUT2D eigenvalue weighted by atomic mass is 9.85. The van der Waals surface area contributed by atoms with Crippen LogP contribution in [0.1, 0.15) is 75.7 Å². The second-order valence-electron chi connectivity index (χ2n) is 11.0. The first-order chi connectivity index (χ1) is 19.3. The van der Waals surface area contributed by atoms with Gasteiger partial charge in [-0.05, 0) is 42.9 Å². The summed E-state index contributed by atoms with van der Waals surface area (Å²) in [6.45, 7) is 5.82. The van der Waals surface area contributed by atoms with Gasteiger partial charge >= 0.3 is 0 Å². The standard InChI is InChI=1S/C31H48N4O5/c1-7-22(2)21-35-26(29-27(39-5)14-11-15-28(29)40-6)20-25(33-35)30(36)32-24(31(37)34(3)18-19-38-4)17-16-23-12-9-8-10-13-23/h11,14-15,20,22-24H,7-10,12-13,16-19,21H2,1-6H3,(H,32,36)/t22?,24-/m0/s1. The zero-order valence-electron chi connectivity index (χ0n) is 25.2. The highest BCUT2D eigenvalue weighted by atomic mass is 16.5. The first-order valence-corrected chi connectivity index (χ1v) is 14.7. The molecular weight excluding hydrogens is 508 g/mol. The maximum Gasteiger partial charge on any atom is 0.272 e. The molecule has 1 aromatic carbocycles. The molecule has 1 aliphatic carbocycles. The van der Waals surface area contributed by atoms with Crippen molar-refractivity contribution < 1.29 is 23.8 Å². The molecule has 0 saturated heterocycles. The van der Waals surface area contributed by atoms with E-state index in [4.69, 9.17) is 19.3 Å². The molecule has 9 nitrogen and oxygen atoms in total. The number of hydrogen-bond donors (Lipinski definition) is 1. The predicted octanol–water partition coefficient (Wildman–Crippen LogP) is 5.18. The van der Waals surface area contributed by atoms with Crippen molar-refractivity contribution in [3.8, 4) is 22.8 Å². The van der Waals surface area contributed by atoms with Crippen molar-refractivity contribution in [1.29, 1.82) is 0 Å². The van der Waals surface area contributed by atoms with Gasteiger partial charge < -0.3 is 24.4 Å². The van der Waals surface area contributed by atoms with Crippen LogP contribution in [-0.4, -0.2) is 74.1 Å². The van der Waals surface area contributed by atoms with E-state index in [2.05, 4.69) is 19.2 Å². The Labute approximate surface area is 239 Å². The third-order valence-corrected chi connectivity index (χ3v) is 8.08. The van der Waals surface area contributed by atoms with Crippen LogP contribution in [0.2, 0.25) is 0 Å². The molecule has 0 aliphatic heterocycles. The Bertz CT molecular complexity index is 1070. The number of benzene rings is 1. The largest absolute Gasteiger partial charge is 0.496 e. The molecule has 0 spiro atoms. The molecule has 1 heterocycles. The molecule has 0 radical (unpaired) electrons. The monoisotopic (exact) mass is 556 g/mol. The van der Waals surface area contributed by atoms with E-state index in [1.807, 2.05) is 22.9 Å². The lowest BCUT2D eigenvalue weighted by Gasteiger charge is -2.27. The smallest absolute Gasteiger partial charge is 0.272 e. The molecule has 1 unspecified atom stereocenters. The molecule has 2 amide bonds. The molecule has 9 heteroatoms. The SMILES string of the molecule is CCC(C)Cn1nc(C(=O)N[C@@H](CCC2CCCCC2)C(=O)N(C)CCOC)cc1-c1c(OC)cccc1OC. The van der Waals surface area contributed by atoms with Crippen molar-refractivity contribution in [3.05, 3.63) is 30.0 Å². The minimum Gasteiger partial charge on any atom is -0.496 e. The van der Waals surface area contributed by atoms with Crippen molar-refractivity contribution in [1.82, 2.24) is 20.0 Å². The summed E-state index contributed by atoms with van der Waals surface area (Å²) in [5, 5.41) is 7.77. The summed E-state index contributed by atoms with van der Waals surface area (Å²) in [4.78, 5) is 28.7. The number of likely N-dealkylation sites (N-methyl/N-ethyl adjacent to an activating group) is 1. The van der Waals surface area contributed by atoms with Crippen LogP contribution in [0.15, 0.2) is 24.3 Å². The second kappa shape index (κ2) is 15.6. The summed E-state index contributed by atoms with van der Waals surface area (Å²) in [5.74, 6) is 1.75. The lowest BCUT2D eigenvalue weighted by Crippen LogP contribution is -2.48. The fourth-order valence-corrected chi connectivity index (χ4v) is 5.37. The molecule has 1 saturated carbocycles. The van der Waals surface area contributed by atoms with Crippen LogP contribution in [0.4, 0.5) is 0 Å². The van der Waals surface area contributed by atoms with E-state index in [-0.39, 0.29) is 17.5 Å². The molecule has 2 atom stereocenters. The van der Waals surface area contributed by atoms with E-state index in [9.17, 15) is 9.59 Å². The van der Waals surface area contributed by atoms with Gasteiger partial charge in [-0.3, -0.25) is 14.3 Å². The number of methoxy groups -OCH3 is 3. The van der Waals surface area contributed by atoms with Crippen molar-refractivity contribution in [2.75, 3.05) is 41.5 Å². The first kappa shape index (κ1) is 31.5. The number of hydrogen-bond acceptors (Lipinski definition) is 6. The van der Waals surface area contributed by atoms with Crippen molar-refractivity contribution in [2.45, 2.75) is 77.8 Å². The number of aromatic nitrogens is 2. The summed E-state index contributed by atoms with van der Waals surface area (Å²) >= 11 is 0. The van der Waals surface area contributed by atoms with Gasteiger partial charge in [0, 0.05) is 27.2 Å². The predicted molar refractivity (Wildman–Crippen MR) is 157 cm³/mol. The van der Waals surface area contributed by atoms with Gasteiger partial charge in [-0.15, -0.1) is 0 Å². The van der Waals surface area contributed by atoms with Gasteiger partial charge in [0.2, 0.25) is 5.91 Å². The Morgan fingerprint density at radius 1 is 1.12 bits per heavy atom. The van der Waals surface area contributed by atoms with Gasteiger partial charge in [-0.1, -0.05) is 58.4 Å². The average molecular weight is 557 g/mol. The Hall–Kier alpha value is -3.07. The van der Waals surface area contributed by atoms with E-state index >= 15 is 0 Å². The maximum atomic E-state index is 13.7. The fraction of sp³-hybridized carbons (Fsp3) is 0.645. The van der Waals surface area contributed by atoms with Gasteiger partial charge in [0.25, 0.3) is 5.91 Å². The van der Waals surface area contributed by atoms with Crippen LogP contribution in [-0.2, 0) is 16.1 Å². The van der Waals surface area contributed by atoms with Crippen molar-refractivity contribution in [2.24, 2.45) is 11.8 Å². The molecule has 1 fully saturated rings. The molecule has 3 rings (SSSR count). The van der Waals surface area contributed by atoms with Crippen LogP contribution in [0.25, 0.3) is 11.3 Å². The molecule has 1 aliphatic rings. The van der Waals surface area contributed by atoms with Crippen LogP contribution >= 0.6 is 0 Å². The highest BCUT2D eigenvalue weighted by molar-refractivity contribution is 5.97. The minimum atomic E-state index is -0.625. The van der Waals surface area contributed by atoms with E-state index < -0.39 is 6.04 Å². The quantitative estimate of drug-likeness (QED) is 0.325. The molecule has 40 heavy (non-hydrogen) atoms. The average Bonchev–Trinajstić information content (AvgIpc) is 3.40. The van der Waals surface area contributed by atoms with Crippen LogP contribution in [0.5, 0.6) is 11.5 Å². The van der Waals surface area contributed by atoms with Gasteiger partial charge in [0.15, 0.2) is 5.69 Å². The molecule has 222 valence electrons. The van der Waals surface area contributed by atoms with Gasteiger partial charge in [0.05, 0.1) is 32.1 Å². The Kier molecular flexibility index (Phi) is 12.3. The Balaban J connectivity index is 1.91. The summed E-state index contributed by atoms with van der Waals surface area (Å²) in [5.41, 5.74) is 1.75. The summed E-state index contributed by atoms with van der Waals surface area (Å²) < 4.78 is 18.3. The Morgan fingerprint density at radius 3 is 2.40 bits per heavy atom. The van der Waals surface area contributed by atoms with Gasteiger partial charge in [-0.25, -0.2) is 0 Å². The van der Waals surface area contributed by atoms with Gasteiger partial charge in [-0.2, -0.15) is 5.10 Å². The van der Waals surface area contributed by atoms with Gasteiger partial charge in [0.1, 0.15) is 17.5 Å². The third-order valence-electron chi connectivity index (χ3n) is 8.08. The van der Waals surface area contributed by atoms with Crippen LogP contribution in [0.3, 0.4) is 0 Å². The van der Waals surface area contributed by atoms with Crippen molar-refractivity contribution >= 4 is 11.8 Å². The summed E-state index contributed by atoms with van der Waals surface area (Å²) in [6, 6.07) is 6.75.